The molecule has 3 rings (SSSR count). The number of benzene rings is 2. The van der Waals surface area contributed by atoms with E-state index in [-0.39, 0.29) is 4.90 Å². The van der Waals surface area contributed by atoms with Crippen molar-refractivity contribution >= 4 is 37.5 Å². The Morgan fingerprint density at radius 3 is 2.33 bits per heavy atom. The standard InChI is InChI=1S/C19H21N3O3S2/c1-12-10-13(2)17-16(11-12)22(5)19(26-17)20-18(23)14-6-8-15(9-7-14)27(24,25)21(3)4/h6-11H,1-5H3. The summed E-state index contributed by atoms with van der Waals surface area (Å²) in [4.78, 5) is 17.5. The molecule has 3 aromatic rings. The predicted molar refractivity (Wildman–Crippen MR) is 107 cm³/mol. The van der Waals surface area contributed by atoms with Gasteiger partial charge in [0.05, 0.1) is 15.1 Å². The molecule has 6 nitrogen and oxygen atoms in total. The zero-order valence-electron chi connectivity index (χ0n) is 15.8. The summed E-state index contributed by atoms with van der Waals surface area (Å²) in [6.45, 7) is 4.08. The van der Waals surface area contributed by atoms with Gasteiger partial charge < -0.3 is 4.57 Å². The van der Waals surface area contributed by atoms with Gasteiger partial charge in [0.15, 0.2) is 4.80 Å². The van der Waals surface area contributed by atoms with Crippen molar-refractivity contribution in [2.45, 2.75) is 18.7 Å². The molecule has 0 bridgehead atoms. The summed E-state index contributed by atoms with van der Waals surface area (Å²) < 4.78 is 28.4. The van der Waals surface area contributed by atoms with Gasteiger partial charge in [-0.05, 0) is 55.3 Å². The lowest BCUT2D eigenvalue weighted by Crippen LogP contribution is -2.22. The number of carbonyl (C=O) groups excluding carboxylic acids is 1. The molecule has 1 heterocycles. The number of rotatable bonds is 3. The van der Waals surface area contributed by atoms with Crippen molar-refractivity contribution in [2.75, 3.05) is 14.1 Å². The molecule has 0 saturated heterocycles. The molecule has 0 aliphatic rings. The van der Waals surface area contributed by atoms with Crippen molar-refractivity contribution in [1.29, 1.82) is 0 Å². The van der Waals surface area contributed by atoms with Crippen molar-refractivity contribution in [2.24, 2.45) is 12.0 Å². The Balaban J connectivity index is 2.01. The highest BCUT2D eigenvalue weighted by molar-refractivity contribution is 7.89. The molecule has 0 fully saturated rings. The minimum atomic E-state index is -3.52. The smallest absolute Gasteiger partial charge is 0.279 e. The summed E-state index contributed by atoms with van der Waals surface area (Å²) >= 11 is 1.47. The van der Waals surface area contributed by atoms with E-state index in [1.54, 1.807) is 0 Å². The first kappa shape index (κ1) is 19.5. The zero-order chi connectivity index (χ0) is 19.9. The monoisotopic (exact) mass is 403 g/mol. The molecular formula is C19H21N3O3S2. The fraction of sp³-hybridized carbons (Fsp3) is 0.263. The quantitative estimate of drug-likeness (QED) is 0.675. The molecule has 0 saturated carbocycles. The third-order valence-electron chi connectivity index (χ3n) is 4.32. The maximum atomic E-state index is 12.6. The lowest BCUT2D eigenvalue weighted by atomic mass is 10.1. The van der Waals surface area contributed by atoms with E-state index in [0.29, 0.717) is 10.4 Å². The fourth-order valence-electron chi connectivity index (χ4n) is 2.81. The Bertz CT molecular complexity index is 1200. The first-order valence-corrected chi connectivity index (χ1v) is 10.6. The van der Waals surface area contributed by atoms with E-state index in [9.17, 15) is 13.2 Å². The first-order chi connectivity index (χ1) is 12.6. The van der Waals surface area contributed by atoms with Crippen molar-refractivity contribution in [3.63, 3.8) is 0 Å². The molecule has 1 aromatic heterocycles. The summed E-state index contributed by atoms with van der Waals surface area (Å²) in [6, 6.07) is 10.0. The predicted octanol–water partition coefficient (Wildman–Crippen LogP) is 2.85. The average molecular weight is 404 g/mol. The minimum absolute atomic E-state index is 0.141. The van der Waals surface area contributed by atoms with E-state index in [2.05, 4.69) is 17.1 Å². The van der Waals surface area contributed by atoms with Gasteiger partial charge in [-0.1, -0.05) is 17.4 Å². The van der Waals surface area contributed by atoms with E-state index in [0.717, 1.165) is 25.6 Å². The molecule has 2 aromatic carbocycles. The molecule has 0 N–H and O–H groups in total. The van der Waals surface area contributed by atoms with Gasteiger partial charge in [-0.25, -0.2) is 12.7 Å². The van der Waals surface area contributed by atoms with Crippen LogP contribution in [0.25, 0.3) is 10.2 Å². The van der Waals surface area contributed by atoms with Crippen LogP contribution in [0.2, 0.25) is 0 Å². The van der Waals surface area contributed by atoms with E-state index in [1.807, 2.05) is 25.5 Å². The highest BCUT2D eigenvalue weighted by Crippen LogP contribution is 2.22. The lowest BCUT2D eigenvalue weighted by molar-refractivity contribution is 0.0998. The average Bonchev–Trinajstić information content (AvgIpc) is 2.91. The van der Waals surface area contributed by atoms with E-state index >= 15 is 0 Å². The Hall–Kier alpha value is -2.29. The minimum Gasteiger partial charge on any atom is -0.319 e. The molecule has 0 atom stereocenters. The van der Waals surface area contributed by atoms with Gasteiger partial charge in [0.1, 0.15) is 0 Å². The second-order valence-corrected chi connectivity index (χ2v) is 9.73. The second kappa shape index (κ2) is 7.03. The van der Waals surface area contributed by atoms with Crippen LogP contribution in [0.3, 0.4) is 0 Å². The Kier molecular flexibility index (Phi) is 5.07. The number of nitrogens with zero attached hydrogens (tertiary/aromatic N) is 3. The van der Waals surface area contributed by atoms with Gasteiger partial charge in [0, 0.05) is 26.7 Å². The number of fused-ring (bicyclic) bond motifs is 1. The van der Waals surface area contributed by atoms with Gasteiger partial charge >= 0.3 is 0 Å². The summed E-state index contributed by atoms with van der Waals surface area (Å²) in [7, 11) is 1.30. The lowest BCUT2D eigenvalue weighted by Gasteiger charge is -2.11. The van der Waals surface area contributed by atoms with E-state index in [1.165, 1.54) is 49.7 Å². The number of carbonyl (C=O) groups is 1. The topological polar surface area (TPSA) is 71.7 Å². The van der Waals surface area contributed by atoms with Crippen LogP contribution in [0.5, 0.6) is 0 Å². The molecular weight excluding hydrogens is 382 g/mol. The molecule has 1 amide bonds. The van der Waals surface area contributed by atoms with Gasteiger partial charge in [-0.3, -0.25) is 4.79 Å². The third kappa shape index (κ3) is 3.60. The highest BCUT2D eigenvalue weighted by Gasteiger charge is 2.17. The highest BCUT2D eigenvalue weighted by atomic mass is 32.2. The molecule has 0 aliphatic heterocycles. The largest absolute Gasteiger partial charge is 0.319 e. The SMILES string of the molecule is Cc1cc(C)c2sc(=NC(=O)c3ccc(S(=O)(=O)N(C)C)cc3)n(C)c2c1. The molecule has 0 spiro atoms. The Morgan fingerprint density at radius 2 is 1.74 bits per heavy atom. The van der Waals surface area contributed by atoms with Crippen molar-refractivity contribution in [1.82, 2.24) is 8.87 Å². The summed E-state index contributed by atoms with van der Waals surface area (Å²) in [5.41, 5.74) is 3.69. The van der Waals surface area contributed by atoms with Crippen LogP contribution in [-0.2, 0) is 17.1 Å². The van der Waals surface area contributed by atoms with Crippen LogP contribution in [-0.4, -0.2) is 37.3 Å². The molecule has 0 unspecified atom stereocenters. The second-order valence-electron chi connectivity index (χ2n) is 6.60. The van der Waals surface area contributed by atoms with Gasteiger partial charge in [0.2, 0.25) is 10.0 Å². The summed E-state index contributed by atoms with van der Waals surface area (Å²) in [5.74, 6) is -0.402. The normalized spacial score (nSPS) is 12.9. The van der Waals surface area contributed by atoms with E-state index < -0.39 is 15.9 Å². The van der Waals surface area contributed by atoms with Crippen LogP contribution in [0.15, 0.2) is 46.3 Å². The molecule has 142 valence electrons. The maximum Gasteiger partial charge on any atom is 0.279 e. The van der Waals surface area contributed by atoms with Crippen molar-refractivity contribution < 1.29 is 13.2 Å². The van der Waals surface area contributed by atoms with Gasteiger partial charge in [-0.2, -0.15) is 4.99 Å². The first-order valence-electron chi connectivity index (χ1n) is 8.29. The summed E-state index contributed by atoms with van der Waals surface area (Å²) in [5, 5.41) is 0. The number of sulfonamides is 1. The van der Waals surface area contributed by atoms with Crippen LogP contribution < -0.4 is 4.80 Å². The Morgan fingerprint density at radius 1 is 1.11 bits per heavy atom. The van der Waals surface area contributed by atoms with Gasteiger partial charge in [0.25, 0.3) is 5.91 Å². The number of aromatic nitrogens is 1. The molecule has 8 heteroatoms. The number of amides is 1. The summed E-state index contributed by atoms with van der Waals surface area (Å²) in [6.07, 6.45) is 0. The molecule has 0 radical (unpaired) electrons. The van der Waals surface area contributed by atoms with Crippen LogP contribution in [0.4, 0.5) is 0 Å². The third-order valence-corrected chi connectivity index (χ3v) is 7.43. The van der Waals surface area contributed by atoms with Crippen LogP contribution in [0, 0.1) is 13.8 Å². The number of hydrogen-bond acceptors (Lipinski definition) is 4. The number of thiazole rings is 1. The molecule has 0 aliphatic carbocycles. The zero-order valence-corrected chi connectivity index (χ0v) is 17.5. The number of aryl methyl sites for hydroxylation is 3. The van der Waals surface area contributed by atoms with Gasteiger partial charge in [-0.15, -0.1) is 0 Å². The maximum absolute atomic E-state index is 12.6. The van der Waals surface area contributed by atoms with Crippen molar-refractivity contribution in [3.05, 3.63) is 57.9 Å². The van der Waals surface area contributed by atoms with Crippen LogP contribution >= 0.6 is 11.3 Å². The van der Waals surface area contributed by atoms with E-state index in [4.69, 9.17) is 0 Å². The van der Waals surface area contributed by atoms with Crippen molar-refractivity contribution in [3.8, 4) is 0 Å². The number of hydrogen-bond donors (Lipinski definition) is 0. The fourth-order valence-corrected chi connectivity index (χ4v) is 4.77. The van der Waals surface area contributed by atoms with Crippen LogP contribution in [0.1, 0.15) is 21.5 Å². The Labute approximate surface area is 162 Å². The molecule has 27 heavy (non-hydrogen) atoms.